The summed E-state index contributed by atoms with van der Waals surface area (Å²) >= 11 is 9.21. The summed E-state index contributed by atoms with van der Waals surface area (Å²) in [6.45, 7) is 5.79. The number of nitrogens with zero attached hydrogens (tertiary/aromatic N) is 4. The van der Waals surface area contributed by atoms with Crippen molar-refractivity contribution in [1.29, 1.82) is 0 Å². The number of aromatic nitrogens is 2. The van der Waals surface area contributed by atoms with E-state index in [1.165, 1.54) is 23.0 Å². The fraction of sp³-hybridized carbons (Fsp3) is 0.211. The SMILES string of the molecule is CC(C)(C)c1nc2ccc(Br)cc2c(=O)n1N=Cc1ccc(Cl)c([N+](=O)[O-])c1. The van der Waals surface area contributed by atoms with E-state index in [-0.39, 0.29) is 16.3 Å². The Labute approximate surface area is 173 Å². The first-order chi connectivity index (χ1) is 13.1. The van der Waals surface area contributed by atoms with Crippen LogP contribution in [0, 0.1) is 10.1 Å². The minimum Gasteiger partial charge on any atom is -0.267 e. The monoisotopic (exact) mass is 462 g/mol. The van der Waals surface area contributed by atoms with E-state index in [9.17, 15) is 14.9 Å². The van der Waals surface area contributed by atoms with Crippen LogP contribution in [0.25, 0.3) is 10.9 Å². The van der Waals surface area contributed by atoms with Crippen molar-refractivity contribution >= 4 is 50.3 Å². The quantitative estimate of drug-likeness (QED) is 0.314. The summed E-state index contributed by atoms with van der Waals surface area (Å²) in [7, 11) is 0. The summed E-state index contributed by atoms with van der Waals surface area (Å²) in [5.74, 6) is 0.479. The molecule has 0 radical (unpaired) electrons. The van der Waals surface area contributed by atoms with Crippen LogP contribution in [-0.4, -0.2) is 20.8 Å². The van der Waals surface area contributed by atoms with Crippen molar-refractivity contribution < 1.29 is 4.92 Å². The summed E-state index contributed by atoms with van der Waals surface area (Å²) in [6.07, 6.45) is 1.38. The Bertz CT molecular complexity index is 1180. The van der Waals surface area contributed by atoms with Crippen molar-refractivity contribution in [3.05, 3.63) is 77.7 Å². The molecule has 1 aromatic heterocycles. The lowest BCUT2D eigenvalue weighted by molar-refractivity contribution is -0.384. The average Bonchev–Trinajstić information content (AvgIpc) is 2.61. The predicted octanol–water partition coefficient (Wildman–Crippen LogP) is 4.90. The number of hydrogen-bond acceptors (Lipinski definition) is 5. The van der Waals surface area contributed by atoms with Crippen molar-refractivity contribution in [2.45, 2.75) is 26.2 Å². The van der Waals surface area contributed by atoms with Gasteiger partial charge in [0.2, 0.25) is 0 Å². The summed E-state index contributed by atoms with van der Waals surface area (Å²) in [6, 6.07) is 9.60. The standard InChI is InChI=1S/C19H16BrClN4O3/c1-19(2,3)18-23-15-7-5-12(20)9-13(15)17(26)24(18)22-10-11-4-6-14(21)16(8-11)25(27)28/h4-10H,1-3H3. The summed E-state index contributed by atoms with van der Waals surface area (Å²) < 4.78 is 1.99. The highest BCUT2D eigenvalue weighted by Crippen LogP contribution is 2.25. The van der Waals surface area contributed by atoms with Gasteiger partial charge in [-0.3, -0.25) is 14.9 Å². The smallest absolute Gasteiger partial charge is 0.267 e. The molecule has 144 valence electrons. The van der Waals surface area contributed by atoms with Crippen LogP contribution in [0.2, 0.25) is 5.02 Å². The topological polar surface area (TPSA) is 90.4 Å². The number of benzene rings is 2. The van der Waals surface area contributed by atoms with Crippen LogP contribution in [0.1, 0.15) is 32.2 Å². The van der Waals surface area contributed by atoms with Gasteiger partial charge in [-0.25, -0.2) is 4.98 Å². The molecule has 3 rings (SSSR count). The van der Waals surface area contributed by atoms with Gasteiger partial charge in [-0.2, -0.15) is 9.78 Å². The number of rotatable bonds is 3. The maximum absolute atomic E-state index is 13.1. The van der Waals surface area contributed by atoms with Crippen LogP contribution in [0.5, 0.6) is 0 Å². The second-order valence-electron chi connectivity index (χ2n) is 7.18. The van der Waals surface area contributed by atoms with Crippen molar-refractivity contribution in [3.8, 4) is 0 Å². The lowest BCUT2D eigenvalue weighted by atomic mass is 9.95. The highest BCUT2D eigenvalue weighted by atomic mass is 79.9. The Balaban J connectivity index is 2.20. The molecule has 0 bridgehead atoms. The number of hydrogen-bond donors (Lipinski definition) is 0. The molecule has 0 aliphatic rings. The zero-order valence-electron chi connectivity index (χ0n) is 15.3. The van der Waals surface area contributed by atoms with Gasteiger partial charge in [-0.1, -0.05) is 54.4 Å². The second kappa shape index (κ2) is 7.44. The van der Waals surface area contributed by atoms with Gasteiger partial charge < -0.3 is 0 Å². The molecule has 0 saturated carbocycles. The third-order valence-corrected chi connectivity index (χ3v) is 4.78. The van der Waals surface area contributed by atoms with E-state index in [0.717, 1.165) is 4.47 Å². The number of halogens is 2. The van der Waals surface area contributed by atoms with E-state index in [0.29, 0.717) is 22.3 Å². The molecule has 0 N–H and O–H groups in total. The first-order valence-electron chi connectivity index (χ1n) is 8.29. The largest absolute Gasteiger partial charge is 0.288 e. The maximum Gasteiger partial charge on any atom is 0.288 e. The Kier molecular flexibility index (Phi) is 5.36. The molecule has 0 spiro atoms. The molecule has 9 heteroatoms. The minimum absolute atomic E-state index is 0.0342. The Morgan fingerprint density at radius 2 is 1.96 bits per heavy atom. The van der Waals surface area contributed by atoms with Gasteiger partial charge in [0.05, 0.1) is 22.0 Å². The van der Waals surface area contributed by atoms with Crippen LogP contribution in [0.3, 0.4) is 0 Å². The molecular weight excluding hydrogens is 448 g/mol. The Morgan fingerprint density at radius 3 is 2.61 bits per heavy atom. The predicted molar refractivity (Wildman–Crippen MR) is 114 cm³/mol. The van der Waals surface area contributed by atoms with Crippen molar-refractivity contribution in [2.75, 3.05) is 0 Å². The fourth-order valence-electron chi connectivity index (χ4n) is 2.62. The van der Waals surface area contributed by atoms with Crippen LogP contribution in [0.15, 0.2) is 50.8 Å². The normalized spacial score (nSPS) is 12.0. The molecule has 0 aliphatic carbocycles. The second-order valence-corrected chi connectivity index (χ2v) is 8.50. The van der Waals surface area contributed by atoms with E-state index >= 15 is 0 Å². The summed E-state index contributed by atoms with van der Waals surface area (Å²) in [5, 5.41) is 15.8. The van der Waals surface area contributed by atoms with E-state index in [2.05, 4.69) is 26.0 Å². The molecule has 7 nitrogen and oxygen atoms in total. The van der Waals surface area contributed by atoms with Gasteiger partial charge >= 0.3 is 0 Å². The van der Waals surface area contributed by atoms with Gasteiger partial charge in [-0.05, 0) is 24.3 Å². The maximum atomic E-state index is 13.1. The van der Waals surface area contributed by atoms with E-state index in [1.807, 2.05) is 26.8 Å². The molecule has 2 aromatic carbocycles. The van der Waals surface area contributed by atoms with Crippen molar-refractivity contribution in [1.82, 2.24) is 9.66 Å². The van der Waals surface area contributed by atoms with E-state index in [1.54, 1.807) is 18.2 Å². The molecule has 28 heavy (non-hydrogen) atoms. The van der Waals surface area contributed by atoms with E-state index < -0.39 is 10.3 Å². The minimum atomic E-state index is -0.568. The fourth-order valence-corrected chi connectivity index (χ4v) is 3.16. The third-order valence-electron chi connectivity index (χ3n) is 3.97. The molecule has 0 atom stereocenters. The first kappa shape index (κ1) is 20.2. The first-order valence-corrected chi connectivity index (χ1v) is 9.46. The van der Waals surface area contributed by atoms with Crippen LogP contribution < -0.4 is 5.56 Å². The summed E-state index contributed by atoms with van der Waals surface area (Å²) in [4.78, 5) is 28.2. The molecular formula is C19H16BrClN4O3. The van der Waals surface area contributed by atoms with Gasteiger partial charge in [0.25, 0.3) is 11.2 Å². The lowest BCUT2D eigenvalue weighted by Crippen LogP contribution is -2.29. The highest BCUT2D eigenvalue weighted by Gasteiger charge is 2.23. The summed E-state index contributed by atoms with van der Waals surface area (Å²) in [5.41, 5.74) is 0.0124. The number of nitro groups is 1. The third kappa shape index (κ3) is 3.98. The van der Waals surface area contributed by atoms with E-state index in [4.69, 9.17) is 11.6 Å². The molecule has 0 aliphatic heterocycles. The molecule has 3 aromatic rings. The Hall–Kier alpha value is -2.58. The average molecular weight is 464 g/mol. The zero-order valence-corrected chi connectivity index (χ0v) is 17.7. The molecule has 0 fully saturated rings. The lowest BCUT2D eigenvalue weighted by Gasteiger charge is -2.20. The van der Waals surface area contributed by atoms with Crippen LogP contribution in [0.4, 0.5) is 5.69 Å². The van der Waals surface area contributed by atoms with Gasteiger partial charge in [0.1, 0.15) is 10.8 Å². The highest BCUT2D eigenvalue weighted by molar-refractivity contribution is 9.10. The molecule has 1 heterocycles. The Morgan fingerprint density at radius 1 is 1.25 bits per heavy atom. The van der Waals surface area contributed by atoms with Gasteiger partial charge in [-0.15, -0.1) is 0 Å². The van der Waals surface area contributed by atoms with Gasteiger partial charge in [0, 0.05) is 21.5 Å². The number of nitro benzene ring substituents is 1. The molecule has 0 unspecified atom stereocenters. The molecule has 0 amide bonds. The van der Waals surface area contributed by atoms with Crippen LogP contribution in [-0.2, 0) is 5.41 Å². The zero-order chi connectivity index (χ0) is 20.6. The van der Waals surface area contributed by atoms with Crippen molar-refractivity contribution in [2.24, 2.45) is 5.10 Å². The van der Waals surface area contributed by atoms with Gasteiger partial charge in [0.15, 0.2) is 0 Å². The van der Waals surface area contributed by atoms with Crippen molar-refractivity contribution in [3.63, 3.8) is 0 Å². The van der Waals surface area contributed by atoms with Crippen LogP contribution >= 0.6 is 27.5 Å². The number of fused-ring (bicyclic) bond motifs is 1. The molecule has 0 saturated heterocycles.